The van der Waals surface area contributed by atoms with Crippen molar-refractivity contribution in [2.75, 3.05) is 6.61 Å². The zero-order valence-corrected chi connectivity index (χ0v) is 11.1. The fraction of sp³-hybridized carbons (Fsp3) is 0.294. The third-order valence-electron chi connectivity index (χ3n) is 4.66. The lowest BCUT2D eigenvalue weighted by atomic mass is 9.78. The second kappa shape index (κ2) is 3.92. The third-order valence-corrected chi connectivity index (χ3v) is 4.66. The van der Waals surface area contributed by atoms with E-state index in [9.17, 15) is 10.2 Å². The van der Waals surface area contributed by atoms with Crippen molar-refractivity contribution in [2.45, 2.75) is 24.1 Å². The van der Waals surface area contributed by atoms with Gasteiger partial charge in [0.05, 0.1) is 5.54 Å². The Kier molecular flexibility index (Phi) is 2.37. The number of hydrogen-bond acceptors (Lipinski definition) is 3. The van der Waals surface area contributed by atoms with Crippen LogP contribution in [0.25, 0.3) is 0 Å². The van der Waals surface area contributed by atoms with Crippen molar-refractivity contribution >= 4 is 0 Å². The first-order chi connectivity index (χ1) is 9.70. The number of hydrogen-bond donors (Lipinski definition) is 3. The SMILES string of the molecule is OCCC12NC(O)(Cc3ccccc31)c1ccccc12. The van der Waals surface area contributed by atoms with E-state index in [-0.39, 0.29) is 6.61 Å². The highest BCUT2D eigenvalue weighted by Gasteiger charge is 2.55. The minimum Gasteiger partial charge on any atom is -0.396 e. The smallest absolute Gasteiger partial charge is 0.147 e. The van der Waals surface area contributed by atoms with Crippen LogP contribution in [0.15, 0.2) is 48.5 Å². The molecule has 0 fully saturated rings. The first kappa shape index (κ1) is 12.1. The number of fused-ring (bicyclic) bond motifs is 7. The Hall–Kier alpha value is -1.68. The molecular weight excluding hydrogens is 250 g/mol. The van der Waals surface area contributed by atoms with Crippen molar-refractivity contribution in [1.29, 1.82) is 0 Å². The molecule has 20 heavy (non-hydrogen) atoms. The standard InChI is InChI=1S/C17H17NO2/c19-10-9-16-13-6-2-1-5-12(13)11-17(20,18-16)15-8-4-3-7-14(15)16/h1-8,18-20H,9-11H2. The van der Waals surface area contributed by atoms with Gasteiger partial charge >= 0.3 is 0 Å². The van der Waals surface area contributed by atoms with Gasteiger partial charge in [-0.05, 0) is 23.1 Å². The van der Waals surface area contributed by atoms with Crippen molar-refractivity contribution in [3.63, 3.8) is 0 Å². The largest absolute Gasteiger partial charge is 0.396 e. The van der Waals surface area contributed by atoms with E-state index in [1.165, 1.54) is 5.56 Å². The fourth-order valence-electron chi connectivity index (χ4n) is 3.92. The zero-order chi connectivity index (χ0) is 13.8. The highest BCUT2D eigenvalue weighted by atomic mass is 16.3. The maximum Gasteiger partial charge on any atom is 0.147 e. The minimum absolute atomic E-state index is 0.0751. The van der Waals surface area contributed by atoms with E-state index >= 15 is 0 Å². The summed E-state index contributed by atoms with van der Waals surface area (Å²) in [5, 5.41) is 24.0. The number of nitrogens with one attached hydrogen (secondary N) is 1. The number of benzene rings is 2. The van der Waals surface area contributed by atoms with Crippen molar-refractivity contribution in [2.24, 2.45) is 0 Å². The molecule has 2 aliphatic rings. The van der Waals surface area contributed by atoms with Gasteiger partial charge in [0, 0.05) is 18.6 Å². The molecular formula is C17H17NO2. The molecule has 0 saturated heterocycles. The first-order valence-corrected chi connectivity index (χ1v) is 7.01. The Morgan fingerprint density at radius 3 is 2.35 bits per heavy atom. The Balaban J connectivity index is 2.06. The lowest BCUT2D eigenvalue weighted by Gasteiger charge is -2.40. The van der Waals surface area contributed by atoms with Crippen molar-refractivity contribution in [3.05, 3.63) is 70.8 Å². The summed E-state index contributed by atoms with van der Waals surface area (Å²) in [6.07, 6.45) is 1.12. The average Bonchev–Trinajstić information content (AvgIpc) is 2.66. The highest BCUT2D eigenvalue weighted by Crippen LogP contribution is 2.51. The van der Waals surface area contributed by atoms with E-state index in [0.717, 1.165) is 16.7 Å². The fourth-order valence-corrected chi connectivity index (χ4v) is 3.92. The summed E-state index contributed by atoms with van der Waals surface area (Å²) in [5.74, 6) is 0. The Morgan fingerprint density at radius 2 is 1.60 bits per heavy atom. The van der Waals surface area contributed by atoms with E-state index in [1.54, 1.807) is 0 Å². The molecule has 2 aromatic carbocycles. The molecule has 2 aliphatic heterocycles. The van der Waals surface area contributed by atoms with Crippen LogP contribution in [0.3, 0.4) is 0 Å². The van der Waals surface area contributed by atoms with Gasteiger partial charge in [-0.3, -0.25) is 5.32 Å². The van der Waals surface area contributed by atoms with Gasteiger partial charge in [-0.15, -0.1) is 0 Å². The van der Waals surface area contributed by atoms with Crippen LogP contribution in [0, 0.1) is 0 Å². The molecule has 102 valence electrons. The normalized spacial score (nSPS) is 29.9. The van der Waals surface area contributed by atoms with Crippen molar-refractivity contribution in [3.8, 4) is 0 Å². The van der Waals surface area contributed by atoms with E-state index in [0.29, 0.717) is 12.8 Å². The lowest BCUT2D eigenvalue weighted by Crippen LogP contribution is -2.53. The van der Waals surface area contributed by atoms with Gasteiger partial charge in [-0.25, -0.2) is 0 Å². The lowest BCUT2D eigenvalue weighted by molar-refractivity contribution is -0.0185. The molecule has 3 nitrogen and oxygen atoms in total. The second-order valence-electron chi connectivity index (χ2n) is 5.74. The summed E-state index contributed by atoms with van der Waals surface area (Å²) in [4.78, 5) is 0. The molecule has 2 unspecified atom stereocenters. The molecule has 3 heteroatoms. The molecule has 2 bridgehead atoms. The minimum atomic E-state index is -1.03. The quantitative estimate of drug-likeness (QED) is 0.775. The molecule has 0 spiro atoms. The van der Waals surface area contributed by atoms with Crippen LogP contribution in [0.1, 0.15) is 28.7 Å². The maximum atomic E-state index is 11.0. The second-order valence-corrected chi connectivity index (χ2v) is 5.74. The molecule has 3 N–H and O–H groups in total. The monoisotopic (exact) mass is 267 g/mol. The number of rotatable bonds is 2. The third kappa shape index (κ3) is 1.35. The molecule has 0 aliphatic carbocycles. The van der Waals surface area contributed by atoms with Gasteiger partial charge in [-0.2, -0.15) is 0 Å². The molecule has 4 rings (SSSR count). The molecule has 0 aromatic heterocycles. The predicted octanol–water partition coefficient (Wildman–Crippen LogP) is 1.62. The van der Waals surface area contributed by atoms with E-state index in [1.807, 2.05) is 30.3 Å². The summed E-state index contributed by atoms with van der Waals surface area (Å²) in [6.45, 7) is 0.0751. The molecule has 0 saturated carbocycles. The van der Waals surface area contributed by atoms with E-state index in [4.69, 9.17) is 0 Å². The van der Waals surface area contributed by atoms with Gasteiger partial charge in [-0.1, -0.05) is 48.5 Å². The van der Waals surface area contributed by atoms with Gasteiger partial charge in [0.2, 0.25) is 0 Å². The number of aliphatic hydroxyl groups is 2. The van der Waals surface area contributed by atoms with Crippen LogP contribution >= 0.6 is 0 Å². The van der Waals surface area contributed by atoms with Crippen molar-refractivity contribution < 1.29 is 10.2 Å². The molecule has 2 aromatic rings. The average molecular weight is 267 g/mol. The Bertz CT molecular complexity index is 684. The topological polar surface area (TPSA) is 52.5 Å². The first-order valence-electron chi connectivity index (χ1n) is 7.01. The zero-order valence-electron chi connectivity index (χ0n) is 11.1. The van der Waals surface area contributed by atoms with Gasteiger partial charge in [0.15, 0.2) is 0 Å². The Morgan fingerprint density at radius 1 is 0.950 bits per heavy atom. The summed E-state index contributed by atoms with van der Waals surface area (Å²) < 4.78 is 0. The van der Waals surface area contributed by atoms with Crippen LogP contribution in [-0.4, -0.2) is 16.8 Å². The Labute approximate surface area is 117 Å². The maximum absolute atomic E-state index is 11.0. The van der Waals surface area contributed by atoms with Crippen LogP contribution in [-0.2, 0) is 17.7 Å². The summed E-state index contributed by atoms with van der Waals surface area (Å²) >= 11 is 0. The molecule has 0 amide bonds. The van der Waals surface area contributed by atoms with Gasteiger partial charge in [0.1, 0.15) is 5.72 Å². The summed E-state index contributed by atoms with van der Waals surface area (Å²) in [7, 11) is 0. The summed E-state index contributed by atoms with van der Waals surface area (Å²) in [6, 6.07) is 16.2. The predicted molar refractivity (Wildman–Crippen MR) is 76.1 cm³/mol. The van der Waals surface area contributed by atoms with Crippen molar-refractivity contribution in [1.82, 2.24) is 5.32 Å². The van der Waals surface area contributed by atoms with Crippen LogP contribution < -0.4 is 5.32 Å². The molecule has 2 heterocycles. The molecule has 0 radical (unpaired) electrons. The summed E-state index contributed by atoms with van der Waals surface area (Å²) in [5.41, 5.74) is 2.84. The number of aliphatic hydroxyl groups excluding tert-OH is 1. The molecule has 2 atom stereocenters. The van der Waals surface area contributed by atoms with Crippen LogP contribution in [0.4, 0.5) is 0 Å². The van der Waals surface area contributed by atoms with E-state index in [2.05, 4.69) is 23.5 Å². The highest BCUT2D eigenvalue weighted by molar-refractivity contribution is 5.56. The van der Waals surface area contributed by atoms with Gasteiger partial charge < -0.3 is 10.2 Å². The van der Waals surface area contributed by atoms with Crippen LogP contribution in [0.5, 0.6) is 0 Å². The van der Waals surface area contributed by atoms with Gasteiger partial charge in [0.25, 0.3) is 0 Å². The van der Waals surface area contributed by atoms with E-state index < -0.39 is 11.3 Å². The van der Waals surface area contributed by atoms with Crippen LogP contribution in [0.2, 0.25) is 0 Å².